The molecule has 186 valence electrons. The zero-order valence-electron chi connectivity index (χ0n) is 20.5. The van der Waals surface area contributed by atoms with Gasteiger partial charge in [-0.2, -0.15) is 0 Å². The highest BCUT2D eigenvalue weighted by molar-refractivity contribution is 5.84. The summed E-state index contributed by atoms with van der Waals surface area (Å²) >= 11 is 0. The summed E-state index contributed by atoms with van der Waals surface area (Å²) in [7, 11) is 1.27. The van der Waals surface area contributed by atoms with Crippen LogP contribution in [0.5, 0.6) is 0 Å². The molecule has 0 aromatic heterocycles. The van der Waals surface area contributed by atoms with E-state index in [2.05, 4.69) is 32.6 Å². The number of nitrogens with one attached hydrogen (secondary N) is 6. The van der Waals surface area contributed by atoms with Crippen LogP contribution in [0.25, 0.3) is 0 Å². The van der Waals surface area contributed by atoms with Crippen LogP contribution in [0.1, 0.15) is 61.8 Å². The zero-order chi connectivity index (χ0) is 25.1. The van der Waals surface area contributed by atoms with E-state index in [4.69, 9.17) is 9.47 Å². The zero-order valence-corrected chi connectivity index (χ0v) is 20.5. The molecule has 0 fully saturated rings. The highest BCUT2D eigenvalue weighted by Gasteiger charge is 2.26. The Morgan fingerprint density at radius 3 is 1.84 bits per heavy atom. The van der Waals surface area contributed by atoms with Gasteiger partial charge in [0.05, 0.1) is 7.11 Å². The van der Waals surface area contributed by atoms with Crippen molar-refractivity contribution < 1.29 is 28.7 Å². The van der Waals surface area contributed by atoms with E-state index < -0.39 is 47.6 Å². The van der Waals surface area contributed by atoms with Crippen LogP contribution in [0.3, 0.4) is 0 Å². The van der Waals surface area contributed by atoms with Gasteiger partial charge in [-0.3, -0.25) is 30.7 Å². The average Bonchev–Trinajstić information content (AvgIpc) is 2.66. The van der Waals surface area contributed by atoms with Gasteiger partial charge in [-0.15, -0.1) is 0 Å². The standard InChI is InChI=1S/C20H40N6O6/c1-11(2)10-14(18(29)31-9)22-24-16(27)13(5)21-25-17(28)15(12(3)4)23-26-19(30)32-20(6,7)8/h11-15,21-23H,10H2,1-9H3,(H,24,27)(H,25,28)(H,26,30)/t13-,14-,15-/m0/s1. The minimum absolute atomic E-state index is 0.186. The molecule has 0 bridgehead atoms. The van der Waals surface area contributed by atoms with E-state index in [1.165, 1.54) is 14.0 Å². The SMILES string of the molecule is COC(=O)[C@H](CC(C)C)NNC(=O)[C@H](C)NNC(=O)[C@@H](NNC(=O)OC(C)(C)C)C(C)C. The highest BCUT2D eigenvalue weighted by Crippen LogP contribution is 2.07. The summed E-state index contributed by atoms with van der Waals surface area (Å²) in [6, 6.07) is -2.31. The molecule has 0 aliphatic carbocycles. The summed E-state index contributed by atoms with van der Waals surface area (Å²) in [6.07, 6.45) is -0.248. The third-order valence-corrected chi connectivity index (χ3v) is 4.05. The Morgan fingerprint density at radius 2 is 1.38 bits per heavy atom. The van der Waals surface area contributed by atoms with Crippen LogP contribution in [-0.2, 0) is 23.9 Å². The number of esters is 1. The van der Waals surface area contributed by atoms with Gasteiger partial charge in [0, 0.05) is 0 Å². The van der Waals surface area contributed by atoms with E-state index in [0.717, 1.165) is 0 Å². The molecule has 0 aliphatic heterocycles. The molecule has 3 amide bonds. The monoisotopic (exact) mass is 460 g/mol. The number of carbonyl (C=O) groups is 4. The summed E-state index contributed by atoms with van der Waals surface area (Å²) in [5.41, 5.74) is 14.5. The van der Waals surface area contributed by atoms with Crippen LogP contribution < -0.4 is 32.6 Å². The second kappa shape index (κ2) is 13.9. The van der Waals surface area contributed by atoms with E-state index in [1.54, 1.807) is 34.6 Å². The van der Waals surface area contributed by atoms with Crippen LogP contribution in [0.4, 0.5) is 4.79 Å². The van der Waals surface area contributed by atoms with Crippen LogP contribution in [0.2, 0.25) is 0 Å². The van der Waals surface area contributed by atoms with Crippen molar-refractivity contribution in [2.45, 2.75) is 85.5 Å². The first-order chi connectivity index (χ1) is 14.7. The van der Waals surface area contributed by atoms with E-state index in [-0.39, 0.29) is 11.8 Å². The van der Waals surface area contributed by atoms with E-state index in [9.17, 15) is 19.2 Å². The Kier molecular flexibility index (Phi) is 12.8. The molecule has 0 heterocycles. The summed E-state index contributed by atoms with van der Waals surface area (Å²) in [4.78, 5) is 48.4. The number of ether oxygens (including phenoxy) is 2. The van der Waals surface area contributed by atoms with Gasteiger partial charge in [-0.05, 0) is 46.0 Å². The van der Waals surface area contributed by atoms with E-state index in [0.29, 0.717) is 6.42 Å². The summed E-state index contributed by atoms with van der Waals surface area (Å²) in [5.74, 6) is -1.46. The normalized spacial score (nSPS) is 14.3. The van der Waals surface area contributed by atoms with Gasteiger partial charge in [0.25, 0.3) is 11.8 Å². The predicted octanol–water partition coefficient (Wildman–Crippen LogP) is 0.258. The minimum atomic E-state index is -0.824. The van der Waals surface area contributed by atoms with Crippen molar-refractivity contribution >= 4 is 23.9 Å². The minimum Gasteiger partial charge on any atom is -0.468 e. The number of rotatable bonds is 12. The molecule has 12 nitrogen and oxygen atoms in total. The maximum atomic E-state index is 12.5. The Bertz CT molecular complexity index is 635. The molecule has 0 aromatic rings. The average molecular weight is 461 g/mol. The first-order valence-corrected chi connectivity index (χ1v) is 10.6. The Balaban J connectivity index is 4.67. The van der Waals surface area contributed by atoms with Gasteiger partial charge in [-0.25, -0.2) is 21.1 Å². The van der Waals surface area contributed by atoms with Gasteiger partial charge in [0.2, 0.25) is 0 Å². The largest absolute Gasteiger partial charge is 0.468 e. The lowest BCUT2D eigenvalue weighted by Gasteiger charge is -2.25. The third-order valence-electron chi connectivity index (χ3n) is 4.05. The molecule has 3 atom stereocenters. The number of hydrogen-bond acceptors (Lipinski definition) is 9. The van der Waals surface area contributed by atoms with Crippen LogP contribution in [-0.4, -0.2) is 54.7 Å². The Labute approximate surface area is 190 Å². The fraction of sp³-hybridized carbons (Fsp3) is 0.800. The lowest BCUT2D eigenvalue weighted by Crippen LogP contribution is -2.60. The molecule has 0 unspecified atom stereocenters. The van der Waals surface area contributed by atoms with Gasteiger partial charge >= 0.3 is 12.1 Å². The smallest absolute Gasteiger partial charge is 0.422 e. The van der Waals surface area contributed by atoms with Gasteiger partial charge in [-0.1, -0.05) is 27.7 Å². The topological polar surface area (TPSA) is 159 Å². The number of amides is 3. The molecule has 0 aromatic carbocycles. The third kappa shape index (κ3) is 12.4. The van der Waals surface area contributed by atoms with Gasteiger partial charge in [0.15, 0.2) is 0 Å². The lowest BCUT2D eigenvalue weighted by molar-refractivity contribution is -0.144. The van der Waals surface area contributed by atoms with Crippen molar-refractivity contribution in [3.8, 4) is 0 Å². The first kappa shape index (κ1) is 29.6. The molecular weight excluding hydrogens is 420 g/mol. The second-order valence-corrected chi connectivity index (χ2v) is 9.19. The highest BCUT2D eigenvalue weighted by atomic mass is 16.6. The maximum Gasteiger partial charge on any atom is 0.422 e. The quantitative estimate of drug-likeness (QED) is 0.177. The van der Waals surface area contributed by atoms with Crippen molar-refractivity contribution in [3.63, 3.8) is 0 Å². The molecule has 6 N–H and O–H groups in total. The number of methoxy groups -OCH3 is 1. The van der Waals surface area contributed by atoms with Gasteiger partial charge in [0.1, 0.15) is 23.7 Å². The molecule has 0 aliphatic rings. The van der Waals surface area contributed by atoms with Crippen molar-refractivity contribution in [3.05, 3.63) is 0 Å². The first-order valence-electron chi connectivity index (χ1n) is 10.6. The van der Waals surface area contributed by atoms with Crippen LogP contribution in [0.15, 0.2) is 0 Å². The Hall–Kier alpha value is -2.44. The fourth-order valence-electron chi connectivity index (χ4n) is 2.39. The summed E-state index contributed by atoms with van der Waals surface area (Å²) < 4.78 is 9.85. The number of hydrazine groups is 3. The summed E-state index contributed by atoms with van der Waals surface area (Å²) in [5, 5.41) is 0. The number of carbonyl (C=O) groups excluding carboxylic acids is 4. The van der Waals surface area contributed by atoms with Crippen molar-refractivity contribution in [2.24, 2.45) is 11.8 Å². The van der Waals surface area contributed by atoms with Crippen LogP contribution in [0, 0.1) is 11.8 Å². The molecule has 0 saturated heterocycles. The Morgan fingerprint density at radius 1 is 0.812 bits per heavy atom. The van der Waals surface area contributed by atoms with E-state index in [1.807, 2.05) is 13.8 Å². The van der Waals surface area contributed by atoms with Crippen molar-refractivity contribution in [1.29, 1.82) is 0 Å². The second-order valence-electron chi connectivity index (χ2n) is 9.19. The fourth-order valence-corrected chi connectivity index (χ4v) is 2.39. The lowest BCUT2D eigenvalue weighted by atomic mass is 10.0. The number of hydrogen-bond donors (Lipinski definition) is 6. The van der Waals surface area contributed by atoms with E-state index >= 15 is 0 Å². The molecule has 0 saturated carbocycles. The molecule has 0 radical (unpaired) electrons. The van der Waals surface area contributed by atoms with Crippen molar-refractivity contribution in [1.82, 2.24) is 32.6 Å². The molecule has 0 rings (SSSR count). The van der Waals surface area contributed by atoms with Crippen molar-refractivity contribution in [2.75, 3.05) is 7.11 Å². The molecular formula is C20H40N6O6. The maximum absolute atomic E-state index is 12.5. The molecule has 0 spiro atoms. The predicted molar refractivity (Wildman–Crippen MR) is 118 cm³/mol. The molecule has 32 heavy (non-hydrogen) atoms. The van der Waals surface area contributed by atoms with Crippen LogP contribution >= 0.6 is 0 Å². The van der Waals surface area contributed by atoms with Gasteiger partial charge < -0.3 is 9.47 Å². The molecule has 12 heteroatoms. The summed E-state index contributed by atoms with van der Waals surface area (Å²) in [6.45, 7) is 14.2.